The normalized spacial score (nSPS) is 10.2. The van der Waals surface area contributed by atoms with Gasteiger partial charge in [-0.3, -0.25) is 0 Å². The molecule has 0 unspecified atom stereocenters. The Labute approximate surface area is 83.1 Å². The van der Waals surface area contributed by atoms with Crippen LogP contribution in [-0.2, 0) is 6.42 Å². The Balaban J connectivity index is 2.71. The molecule has 0 atom stereocenters. The fourth-order valence-electron chi connectivity index (χ4n) is 1.22. The number of benzene rings is 1. The van der Waals surface area contributed by atoms with Gasteiger partial charge in [0.1, 0.15) is 5.52 Å². The molecule has 0 aliphatic heterocycles. The van der Waals surface area contributed by atoms with Gasteiger partial charge >= 0.3 is 0 Å². The van der Waals surface area contributed by atoms with Crippen LogP contribution in [-0.4, -0.2) is 4.98 Å². The molecule has 0 radical (unpaired) electrons. The van der Waals surface area contributed by atoms with Gasteiger partial charge in [0.15, 0.2) is 12.0 Å². The molecular weight excluding hydrogens is 232 g/mol. The van der Waals surface area contributed by atoms with E-state index in [4.69, 9.17) is 9.68 Å². The van der Waals surface area contributed by atoms with Gasteiger partial charge in [-0.05, 0) is 12.1 Å². The van der Waals surface area contributed by atoms with Crippen molar-refractivity contribution in [3.8, 4) is 6.07 Å². The van der Waals surface area contributed by atoms with Gasteiger partial charge in [0.25, 0.3) is 0 Å². The van der Waals surface area contributed by atoms with Crippen molar-refractivity contribution >= 4 is 27.0 Å². The summed E-state index contributed by atoms with van der Waals surface area (Å²) in [5.41, 5.74) is 2.34. The van der Waals surface area contributed by atoms with Crippen LogP contribution in [0.5, 0.6) is 0 Å². The Kier molecular flexibility index (Phi) is 2.03. The molecule has 1 aromatic carbocycles. The van der Waals surface area contributed by atoms with E-state index in [0.717, 1.165) is 15.6 Å². The number of fused-ring (bicyclic) bond motifs is 1. The molecule has 0 aliphatic rings. The van der Waals surface area contributed by atoms with E-state index in [-0.39, 0.29) is 0 Å². The molecule has 0 saturated heterocycles. The van der Waals surface area contributed by atoms with Gasteiger partial charge in [0, 0.05) is 10.0 Å². The second-order valence-corrected chi connectivity index (χ2v) is 3.52. The summed E-state index contributed by atoms with van der Waals surface area (Å²) in [6.07, 6.45) is 1.73. The van der Waals surface area contributed by atoms with Gasteiger partial charge in [0.2, 0.25) is 0 Å². The standard InChI is InChI=1S/C9H5BrN2O/c10-7-3-6(1-2-11)9-8(4-7)12-5-13-9/h3-5H,1H2. The SMILES string of the molecule is N#CCc1cc(Br)cc2ncoc12. The molecule has 1 aromatic heterocycles. The summed E-state index contributed by atoms with van der Waals surface area (Å²) in [7, 11) is 0. The third-order valence-corrected chi connectivity index (χ3v) is 2.20. The predicted molar refractivity (Wildman–Crippen MR) is 51.0 cm³/mol. The van der Waals surface area contributed by atoms with Crippen LogP contribution in [0.15, 0.2) is 27.4 Å². The van der Waals surface area contributed by atoms with E-state index < -0.39 is 0 Å². The molecular formula is C9H5BrN2O. The minimum Gasteiger partial charge on any atom is -0.443 e. The van der Waals surface area contributed by atoms with Gasteiger partial charge in [-0.1, -0.05) is 15.9 Å². The molecule has 3 nitrogen and oxygen atoms in total. The van der Waals surface area contributed by atoms with E-state index in [1.165, 1.54) is 6.39 Å². The van der Waals surface area contributed by atoms with Gasteiger partial charge in [-0.25, -0.2) is 4.98 Å². The summed E-state index contributed by atoms with van der Waals surface area (Å²) in [5, 5.41) is 8.58. The quantitative estimate of drug-likeness (QED) is 0.765. The van der Waals surface area contributed by atoms with Crippen LogP contribution < -0.4 is 0 Å². The first-order valence-corrected chi connectivity index (χ1v) is 4.49. The van der Waals surface area contributed by atoms with Crippen LogP contribution in [0.1, 0.15) is 5.56 Å². The number of hydrogen-bond acceptors (Lipinski definition) is 3. The number of halogens is 1. The molecule has 0 amide bonds. The highest BCUT2D eigenvalue weighted by atomic mass is 79.9. The van der Waals surface area contributed by atoms with Crippen LogP contribution in [0, 0.1) is 11.3 Å². The van der Waals surface area contributed by atoms with Crippen LogP contribution in [0.25, 0.3) is 11.1 Å². The number of oxazole rings is 1. The molecule has 1 heterocycles. The lowest BCUT2D eigenvalue weighted by atomic mass is 10.1. The molecule has 64 valence electrons. The second-order valence-electron chi connectivity index (χ2n) is 2.60. The molecule has 0 N–H and O–H groups in total. The number of aromatic nitrogens is 1. The third-order valence-electron chi connectivity index (χ3n) is 1.74. The van der Waals surface area contributed by atoms with Crippen molar-refractivity contribution in [1.29, 1.82) is 5.26 Å². The first-order valence-electron chi connectivity index (χ1n) is 3.70. The zero-order valence-electron chi connectivity index (χ0n) is 6.62. The Bertz CT molecular complexity index is 484. The Morgan fingerprint density at radius 3 is 3.15 bits per heavy atom. The van der Waals surface area contributed by atoms with Crippen molar-refractivity contribution < 1.29 is 4.42 Å². The summed E-state index contributed by atoms with van der Waals surface area (Å²) in [5.74, 6) is 0. The first kappa shape index (κ1) is 8.27. The van der Waals surface area contributed by atoms with E-state index >= 15 is 0 Å². The smallest absolute Gasteiger partial charge is 0.181 e. The number of hydrogen-bond donors (Lipinski definition) is 0. The van der Waals surface area contributed by atoms with Crippen LogP contribution in [0.2, 0.25) is 0 Å². The predicted octanol–water partition coefficient (Wildman–Crippen LogP) is 2.66. The summed E-state index contributed by atoms with van der Waals surface area (Å²) in [6, 6.07) is 5.82. The monoisotopic (exact) mass is 236 g/mol. The average Bonchev–Trinajstić information content (AvgIpc) is 2.52. The topological polar surface area (TPSA) is 49.8 Å². The minimum absolute atomic E-state index is 0.338. The minimum atomic E-state index is 0.338. The highest BCUT2D eigenvalue weighted by Crippen LogP contribution is 2.23. The third kappa shape index (κ3) is 1.43. The number of nitriles is 1. The van der Waals surface area contributed by atoms with Gasteiger partial charge in [-0.15, -0.1) is 0 Å². The van der Waals surface area contributed by atoms with Gasteiger partial charge in [0.05, 0.1) is 12.5 Å². The molecule has 0 bridgehead atoms. The fraction of sp³-hybridized carbons (Fsp3) is 0.111. The summed E-state index contributed by atoms with van der Waals surface area (Å²) >= 11 is 3.35. The maximum absolute atomic E-state index is 8.58. The van der Waals surface area contributed by atoms with Crippen molar-refractivity contribution in [3.63, 3.8) is 0 Å². The Morgan fingerprint density at radius 1 is 1.54 bits per heavy atom. The molecule has 2 rings (SSSR count). The van der Waals surface area contributed by atoms with Crippen molar-refractivity contribution in [2.45, 2.75) is 6.42 Å². The maximum atomic E-state index is 8.58. The molecule has 0 fully saturated rings. The maximum Gasteiger partial charge on any atom is 0.181 e. The van der Waals surface area contributed by atoms with Crippen molar-refractivity contribution in [3.05, 3.63) is 28.6 Å². The molecule has 0 aliphatic carbocycles. The molecule has 4 heteroatoms. The number of nitrogens with zero attached hydrogens (tertiary/aromatic N) is 2. The van der Waals surface area contributed by atoms with E-state index in [2.05, 4.69) is 27.0 Å². The lowest BCUT2D eigenvalue weighted by Gasteiger charge is -1.96. The van der Waals surface area contributed by atoms with E-state index in [1.54, 1.807) is 0 Å². The zero-order chi connectivity index (χ0) is 9.26. The molecule has 2 aromatic rings. The molecule has 13 heavy (non-hydrogen) atoms. The average molecular weight is 237 g/mol. The van der Waals surface area contributed by atoms with E-state index in [9.17, 15) is 0 Å². The fourth-order valence-corrected chi connectivity index (χ4v) is 1.71. The van der Waals surface area contributed by atoms with E-state index in [0.29, 0.717) is 12.0 Å². The Morgan fingerprint density at radius 2 is 2.38 bits per heavy atom. The van der Waals surface area contributed by atoms with E-state index in [1.807, 2.05) is 12.1 Å². The Hall–Kier alpha value is -1.34. The first-order chi connectivity index (χ1) is 6.31. The second kappa shape index (κ2) is 3.19. The molecule has 0 spiro atoms. The van der Waals surface area contributed by atoms with Crippen LogP contribution >= 0.6 is 15.9 Å². The summed E-state index contributed by atoms with van der Waals surface area (Å²) in [4.78, 5) is 4.02. The lowest BCUT2D eigenvalue weighted by Crippen LogP contribution is -1.82. The van der Waals surface area contributed by atoms with Gasteiger partial charge in [-0.2, -0.15) is 5.26 Å². The highest BCUT2D eigenvalue weighted by molar-refractivity contribution is 9.10. The van der Waals surface area contributed by atoms with Crippen molar-refractivity contribution in [2.75, 3.05) is 0 Å². The number of rotatable bonds is 1. The summed E-state index contributed by atoms with van der Waals surface area (Å²) in [6.45, 7) is 0. The van der Waals surface area contributed by atoms with Gasteiger partial charge < -0.3 is 4.42 Å². The van der Waals surface area contributed by atoms with Crippen LogP contribution in [0.4, 0.5) is 0 Å². The highest BCUT2D eigenvalue weighted by Gasteiger charge is 2.06. The zero-order valence-corrected chi connectivity index (χ0v) is 8.21. The lowest BCUT2D eigenvalue weighted by molar-refractivity contribution is 0.599. The van der Waals surface area contributed by atoms with Crippen molar-refractivity contribution in [1.82, 2.24) is 4.98 Å². The van der Waals surface area contributed by atoms with Crippen LogP contribution in [0.3, 0.4) is 0 Å². The molecule has 0 saturated carbocycles. The largest absolute Gasteiger partial charge is 0.443 e. The summed E-state index contributed by atoms with van der Waals surface area (Å²) < 4.78 is 6.09. The van der Waals surface area contributed by atoms with Crippen molar-refractivity contribution in [2.24, 2.45) is 0 Å².